The summed E-state index contributed by atoms with van der Waals surface area (Å²) in [4.78, 5) is 45.5. The van der Waals surface area contributed by atoms with Gasteiger partial charge in [0.1, 0.15) is 12.6 Å². The molecule has 2 N–H and O–H groups in total. The molecule has 0 aliphatic carbocycles. The van der Waals surface area contributed by atoms with Gasteiger partial charge in [0.15, 0.2) is 0 Å². The predicted molar refractivity (Wildman–Crippen MR) is 82.2 cm³/mol. The summed E-state index contributed by atoms with van der Waals surface area (Å²) in [7, 11) is 1.19. The molecule has 0 aromatic rings. The van der Waals surface area contributed by atoms with E-state index in [1.807, 2.05) is 0 Å². The number of hydrogen-bond acceptors (Lipinski definition) is 6. The first-order chi connectivity index (χ1) is 10.6. The lowest BCUT2D eigenvalue weighted by molar-refractivity contribution is -0.139. The fraction of sp³-hybridized carbons (Fsp3) is 0.600. The Morgan fingerprint density at radius 1 is 1.09 bits per heavy atom. The van der Waals surface area contributed by atoms with Crippen LogP contribution < -0.4 is 10.6 Å². The maximum Gasteiger partial charge on any atom is 0.331 e. The molecule has 0 spiro atoms. The molecule has 0 heterocycles. The minimum atomic E-state index is -0.723. The number of amides is 2. The van der Waals surface area contributed by atoms with Crippen molar-refractivity contribution in [2.24, 2.45) is 5.41 Å². The first-order valence-corrected chi connectivity index (χ1v) is 7.09. The molecule has 1 atom stereocenters. The summed E-state index contributed by atoms with van der Waals surface area (Å²) < 4.78 is 9.08. The maximum absolute atomic E-state index is 11.8. The van der Waals surface area contributed by atoms with Crippen LogP contribution in [0.5, 0.6) is 0 Å². The number of carbonyl (C=O) groups excluding carboxylic acids is 4. The number of nitrogens with one attached hydrogen (secondary N) is 2. The number of carbonyl (C=O) groups is 4. The maximum atomic E-state index is 11.8. The lowest BCUT2D eigenvalue weighted by atomic mass is 9.95. The molecule has 0 saturated heterocycles. The van der Waals surface area contributed by atoms with Crippen molar-refractivity contribution >= 4 is 23.8 Å². The van der Waals surface area contributed by atoms with E-state index in [1.54, 1.807) is 27.7 Å². The Morgan fingerprint density at radius 3 is 2.17 bits per heavy atom. The van der Waals surface area contributed by atoms with Crippen LogP contribution in [0.15, 0.2) is 12.2 Å². The van der Waals surface area contributed by atoms with Gasteiger partial charge in [0, 0.05) is 17.6 Å². The Balaban J connectivity index is 4.03. The third-order valence-electron chi connectivity index (χ3n) is 2.62. The van der Waals surface area contributed by atoms with E-state index in [9.17, 15) is 19.2 Å². The lowest BCUT2D eigenvalue weighted by Crippen LogP contribution is -2.48. The number of methoxy groups -OCH3 is 1. The molecule has 0 unspecified atom stereocenters. The lowest BCUT2D eigenvalue weighted by Gasteiger charge is -2.21. The fourth-order valence-corrected chi connectivity index (χ4v) is 1.21. The minimum Gasteiger partial charge on any atom is -0.466 e. The van der Waals surface area contributed by atoms with Crippen LogP contribution in [0, 0.1) is 5.41 Å². The van der Waals surface area contributed by atoms with Crippen LogP contribution in [0.3, 0.4) is 0 Å². The number of ether oxygens (including phenoxy) is 2. The highest BCUT2D eigenvalue weighted by Gasteiger charge is 2.24. The first kappa shape index (κ1) is 20.6. The second-order valence-corrected chi connectivity index (χ2v) is 5.76. The predicted octanol–water partition coefficient (Wildman–Crippen LogP) is -0.0742. The number of rotatable bonds is 7. The molecular formula is C15H24N2O6. The molecule has 0 rings (SSSR count). The van der Waals surface area contributed by atoms with Crippen LogP contribution in [0.2, 0.25) is 0 Å². The topological polar surface area (TPSA) is 111 Å². The Kier molecular flexibility index (Phi) is 8.61. The number of hydrogen-bond donors (Lipinski definition) is 2. The second kappa shape index (κ2) is 9.60. The molecule has 8 nitrogen and oxygen atoms in total. The Labute approximate surface area is 135 Å². The molecule has 23 heavy (non-hydrogen) atoms. The zero-order chi connectivity index (χ0) is 18.0. The number of esters is 2. The standard InChI is InChI=1S/C15H24N2O6/c1-10(17-14(21)15(2,3)4)13(20)16-8-9-23-12(19)7-6-11(18)22-5/h6-7,10H,8-9H2,1-5H3,(H,16,20)(H,17,21)/b7-6+/t10-/m0/s1. The average Bonchev–Trinajstić information content (AvgIpc) is 2.47. The summed E-state index contributed by atoms with van der Waals surface area (Å²) in [6.45, 7) is 6.82. The van der Waals surface area contributed by atoms with Crippen LogP contribution in [0.25, 0.3) is 0 Å². The minimum absolute atomic E-state index is 0.0595. The summed E-state index contributed by atoms with van der Waals surface area (Å²) in [5.74, 6) is -2.01. The van der Waals surface area contributed by atoms with Gasteiger partial charge in [0.2, 0.25) is 11.8 Å². The molecule has 130 valence electrons. The van der Waals surface area contributed by atoms with E-state index in [1.165, 1.54) is 7.11 Å². The molecule has 0 bridgehead atoms. The van der Waals surface area contributed by atoms with Crippen molar-refractivity contribution in [1.29, 1.82) is 0 Å². The highest BCUT2D eigenvalue weighted by Crippen LogP contribution is 2.12. The third kappa shape index (κ3) is 9.28. The zero-order valence-electron chi connectivity index (χ0n) is 14.1. The van der Waals surface area contributed by atoms with E-state index >= 15 is 0 Å². The highest BCUT2D eigenvalue weighted by atomic mass is 16.5. The van der Waals surface area contributed by atoms with E-state index in [0.717, 1.165) is 12.2 Å². The molecule has 8 heteroatoms. The fourth-order valence-electron chi connectivity index (χ4n) is 1.21. The molecular weight excluding hydrogens is 304 g/mol. The van der Waals surface area contributed by atoms with Crippen molar-refractivity contribution in [3.05, 3.63) is 12.2 Å². The molecule has 0 aliphatic rings. The van der Waals surface area contributed by atoms with E-state index in [4.69, 9.17) is 4.74 Å². The molecule has 0 fully saturated rings. The molecule has 0 saturated carbocycles. The summed E-state index contributed by atoms with van der Waals surface area (Å²) in [5, 5.41) is 5.11. The van der Waals surface area contributed by atoms with Gasteiger partial charge >= 0.3 is 11.9 Å². The van der Waals surface area contributed by atoms with Gasteiger partial charge in [-0.25, -0.2) is 9.59 Å². The highest BCUT2D eigenvalue weighted by molar-refractivity contribution is 5.91. The van der Waals surface area contributed by atoms with Crippen LogP contribution in [-0.4, -0.2) is 50.1 Å². The smallest absolute Gasteiger partial charge is 0.331 e. The van der Waals surface area contributed by atoms with Gasteiger partial charge < -0.3 is 20.1 Å². The van der Waals surface area contributed by atoms with Gasteiger partial charge in [-0.05, 0) is 6.92 Å². The van der Waals surface area contributed by atoms with E-state index < -0.39 is 23.4 Å². The van der Waals surface area contributed by atoms with Gasteiger partial charge in [0.25, 0.3) is 0 Å². The Hall–Kier alpha value is -2.38. The second-order valence-electron chi connectivity index (χ2n) is 5.76. The third-order valence-corrected chi connectivity index (χ3v) is 2.62. The van der Waals surface area contributed by atoms with E-state index in [-0.39, 0.29) is 25.0 Å². The largest absolute Gasteiger partial charge is 0.466 e. The summed E-state index contributed by atoms with van der Waals surface area (Å²) in [6.07, 6.45) is 1.87. The van der Waals surface area contributed by atoms with Crippen molar-refractivity contribution < 1.29 is 28.7 Å². The average molecular weight is 328 g/mol. The molecule has 2 amide bonds. The van der Waals surface area contributed by atoms with Crippen molar-refractivity contribution in [2.45, 2.75) is 33.7 Å². The quantitative estimate of drug-likeness (QED) is 0.384. The van der Waals surface area contributed by atoms with Gasteiger partial charge in [-0.2, -0.15) is 0 Å². The van der Waals surface area contributed by atoms with Crippen molar-refractivity contribution in [2.75, 3.05) is 20.3 Å². The van der Waals surface area contributed by atoms with E-state index in [2.05, 4.69) is 15.4 Å². The van der Waals surface area contributed by atoms with Gasteiger partial charge in [-0.3, -0.25) is 9.59 Å². The monoisotopic (exact) mass is 328 g/mol. The van der Waals surface area contributed by atoms with Crippen LogP contribution in [0.4, 0.5) is 0 Å². The van der Waals surface area contributed by atoms with Gasteiger partial charge in [-0.1, -0.05) is 20.8 Å². The van der Waals surface area contributed by atoms with Crippen LogP contribution in [-0.2, 0) is 28.7 Å². The van der Waals surface area contributed by atoms with Gasteiger partial charge in [0.05, 0.1) is 13.7 Å². The van der Waals surface area contributed by atoms with Crippen LogP contribution in [0.1, 0.15) is 27.7 Å². The zero-order valence-corrected chi connectivity index (χ0v) is 14.1. The van der Waals surface area contributed by atoms with Crippen molar-refractivity contribution in [3.63, 3.8) is 0 Å². The molecule has 0 aromatic carbocycles. The summed E-state index contributed by atoms with van der Waals surface area (Å²) in [5.41, 5.74) is -0.587. The van der Waals surface area contributed by atoms with Gasteiger partial charge in [-0.15, -0.1) is 0 Å². The Bertz CT molecular complexity index is 479. The van der Waals surface area contributed by atoms with E-state index in [0.29, 0.717) is 0 Å². The molecule has 0 aliphatic heterocycles. The molecule has 0 radical (unpaired) electrons. The molecule has 0 aromatic heterocycles. The summed E-state index contributed by atoms with van der Waals surface area (Å²) in [6, 6.07) is -0.698. The summed E-state index contributed by atoms with van der Waals surface area (Å²) >= 11 is 0. The first-order valence-electron chi connectivity index (χ1n) is 7.09. The van der Waals surface area contributed by atoms with Crippen LogP contribution >= 0.6 is 0 Å². The Morgan fingerprint density at radius 2 is 1.65 bits per heavy atom. The van der Waals surface area contributed by atoms with Crippen molar-refractivity contribution in [1.82, 2.24) is 10.6 Å². The normalized spacial score (nSPS) is 12.4. The SMILES string of the molecule is COC(=O)/C=C/C(=O)OCCNC(=O)[C@H](C)NC(=O)C(C)(C)C. The van der Waals surface area contributed by atoms with Crippen molar-refractivity contribution in [3.8, 4) is 0 Å².